The summed E-state index contributed by atoms with van der Waals surface area (Å²) in [4.78, 5) is 19.0. The second kappa shape index (κ2) is 5.60. The Bertz CT molecular complexity index is 899. The summed E-state index contributed by atoms with van der Waals surface area (Å²) in [6.07, 6.45) is 0.891. The highest BCUT2D eigenvalue weighted by Crippen LogP contribution is 2.33. The van der Waals surface area contributed by atoms with Crippen LogP contribution < -0.4 is 4.90 Å². The van der Waals surface area contributed by atoms with Gasteiger partial charge in [0.05, 0.1) is 0 Å². The number of amides is 1. The molecule has 5 nitrogen and oxygen atoms in total. The first kappa shape index (κ1) is 14.6. The molecule has 120 valence electrons. The zero-order chi connectivity index (χ0) is 16.7. The monoisotopic (exact) mass is 319 g/mol. The first-order chi connectivity index (χ1) is 11.6. The van der Waals surface area contributed by atoms with Gasteiger partial charge in [0.15, 0.2) is 0 Å². The quantitative estimate of drug-likeness (QED) is 0.723. The van der Waals surface area contributed by atoms with Crippen molar-refractivity contribution in [2.24, 2.45) is 0 Å². The first-order valence-corrected chi connectivity index (χ1v) is 7.95. The molecule has 0 saturated carbocycles. The van der Waals surface area contributed by atoms with Crippen molar-refractivity contribution < 1.29 is 9.32 Å². The Morgan fingerprint density at radius 1 is 1.17 bits per heavy atom. The lowest BCUT2D eigenvalue weighted by Crippen LogP contribution is -2.35. The summed E-state index contributed by atoms with van der Waals surface area (Å²) >= 11 is 0. The lowest BCUT2D eigenvalue weighted by molar-refractivity contribution is 0.0981. The van der Waals surface area contributed by atoms with E-state index in [-0.39, 0.29) is 11.9 Å². The van der Waals surface area contributed by atoms with Gasteiger partial charge in [0.1, 0.15) is 0 Å². The maximum atomic E-state index is 12.9. The number of aryl methyl sites for hydroxylation is 1. The first-order valence-electron chi connectivity index (χ1n) is 7.95. The van der Waals surface area contributed by atoms with Crippen LogP contribution in [-0.4, -0.2) is 22.1 Å². The number of para-hydroxylation sites is 1. The van der Waals surface area contributed by atoms with Crippen molar-refractivity contribution in [2.75, 3.05) is 4.90 Å². The molecule has 4 rings (SSSR count). The average molecular weight is 319 g/mol. The molecule has 0 N–H and O–H groups in total. The van der Waals surface area contributed by atoms with Crippen molar-refractivity contribution in [3.8, 4) is 11.4 Å². The van der Waals surface area contributed by atoms with Gasteiger partial charge in [-0.1, -0.05) is 35.5 Å². The van der Waals surface area contributed by atoms with Gasteiger partial charge in [0.2, 0.25) is 11.7 Å². The zero-order valence-electron chi connectivity index (χ0n) is 13.6. The molecule has 1 aliphatic rings. The number of hydrogen-bond acceptors (Lipinski definition) is 4. The highest BCUT2D eigenvalue weighted by Gasteiger charge is 2.31. The van der Waals surface area contributed by atoms with Crippen LogP contribution in [0.25, 0.3) is 11.4 Å². The fraction of sp³-hybridized carbons (Fsp3) is 0.211. The number of carbonyl (C=O) groups excluding carboxylic acids is 1. The van der Waals surface area contributed by atoms with E-state index in [1.807, 2.05) is 47.4 Å². The van der Waals surface area contributed by atoms with Crippen LogP contribution in [0.2, 0.25) is 0 Å². The van der Waals surface area contributed by atoms with Gasteiger partial charge in [-0.05, 0) is 37.1 Å². The molecule has 0 fully saturated rings. The van der Waals surface area contributed by atoms with Crippen LogP contribution in [0.4, 0.5) is 5.69 Å². The summed E-state index contributed by atoms with van der Waals surface area (Å²) in [7, 11) is 0. The van der Waals surface area contributed by atoms with E-state index in [9.17, 15) is 4.79 Å². The molecule has 3 aromatic rings. The Hall–Kier alpha value is -2.95. The normalized spacial score (nSPS) is 16.2. The Morgan fingerprint density at radius 3 is 2.62 bits per heavy atom. The predicted molar refractivity (Wildman–Crippen MR) is 90.9 cm³/mol. The number of aromatic nitrogens is 2. The lowest BCUT2D eigenvalue weighted by Gasteiger charge is -2.22. The standard InChI is InChI=1S/C19H17N3O2/c1-12-11-16-5-3-4-6-17(16)22(12)19(23)15-9-7-14(8-10-15)18-20-13(2)24-21-18/h3-10,12H,11H2,1-2H3/t12-/m1/s1. The molecule has 1 aliphatic heterocycles. The highest BCUT2D eigenvalue weighted by atomic mass is 16.5. The summed E-state index contributed by atoms with van der Waals surface area (Å²) in [5.74, 6) is 1.07. The van der Waals surface area contributed by atoms with Gasteiger partial charge in [-0.15, -0.1) is 0 Å². The third-order valence-electron chi connectivity index (χ3n) is 4.34. The molecule has 0 unspecified atom stereocenters. The van der Waals surface area contributed by atoms with E-state index in [0.717, 1.165) is 17.7 Å². The van der Waals surface area contributed by atoms with Crippen LogP contribution in [0.5, 0.6) is 0 Å². The molecule has 0 spiro atoms. The van der Waals surface area contributed by atoms with Crippen LogP contribution >= 0.6 is 0 Å². The number of hydrogen-bond donors (Lipinski definition) is 0. The molecule has 1 atom stereocenters. The summed E-state index contributed by atoms with van der Waals surface area (Å²) < 4.78 is 4.99. The van der Waals surface area contributed by atoms with E-state index in [1.165, 1.54) is 5.56 Å². The molecule has 0 bridgehead atoms. The molecule has 24 heavy (non-hydrogen) atoms. The minimum atomic E-state index is 0.0169. The molecular weight excluding hydrogens is 302 g/mol. The van der Waals surface area contributed by atoms with Crippen LogP contribution in [0.15, 0.2) is 53.1 Å². The SMILES string of the molecule is Cc1nc(-c2ccc(C(=O)N3c4ccccc4C[C@H]3C)cc2)no1. The van der Waals surface area contributed by atoms with Crippen LogP contribution in [0.1, 0.15) is 28.7 Å². The minimum absolute atomic E-state index is 0.0169. The molecule has 0 radical (unpaired) electrons. The minimum Gasteiger partial charge on any atom is -0.339 e. The highest BCUT2D eigenvalue weighted by molar-refractivity contribution is 6.07. The fourth-order valence-electron chi connectivity index (χ4n) is 3.19. The van der Waals surface area contributed by atoms with E-state index >= 15 is 0 Å². The van der Waals surface area contributed by atoms with E-state index in [0.29, 0.717) is 17.3 Å². The largest absolute Gasteiger partial charge is 0.339 e. The average Bonchev–Trinajstić information content (AvgIpc) is 3.17. The van der Waals surface area contributed by atoms with Gasteiger partial charge in [-0.3, -0.25) is 4.79 Å². The second-order valence-corrected chi connectivity index (χ2v) is 6.07. The number of benzene rings is 2. The second-order valence-electron chi connectivity index (χ2n) is 6.07. The van der Waals surface area contributed by atoms with Crippen LogP contribution in [0.3, 0.4) is 0 Å². The summed E-state index contributed by atoms with van der Waals surface area (Å²) in [5.41, 5.74) is 3.71. The summed E-state index contributed by atoms with van der Waals surface area (Å²) in [5, 5.41) is 3.90. The van der Waals surface area contributed by atoms with Crippen molar-refractivity contribution in [1.82, 2.24) is 10.1 Å². The molecule has 1 aromatic heterocycles. The zero-order valence-corrected chi connectivity index (χ0v) is 13.6. The van der Waals surface area contributed by atoms with Crippen LogP contribution in [-0.2, 0) is 6.42 Å². The number of anilines is 1. The van der Waals surface area contributed by atoms with E-state index in [1.54, 1.807) is 6.92 Å². The molecule has 5 heteroatoms. The van der Waals surface area contributed by atoms with E-state index in [2.05, 4.69) is 23.1 Å². The van der Waals surface area contributed by atoms with Crippen molar-refractivity contribution in [1.29, 1.82) is 0 Å². The lowest BCUT2D eigenvalue weighted by atomic mass is 10.1. The Morgan fingerprint density at radius 2 is 1.92 bits per heavy atom. The molecule has 0 aliphatic carbocycles. The van der Waals surface area contributed by atoms with E-state index < -0.39 is 0 Å². The summed E-state index contributed by atoms with van der Waals surface area (Å²) in [6.45, 7) is 3.83. The van der Waals surface area contributed by atoms with Gasteiger partial charge in [-0.2, -0.15) is 4.98 Å². The number of rotatable bonds is 2. The van der Waals surface area contributed by atoms with Gasteiger partial charge < -0.3 is 9.42 Å². The topological polar surface area (TPSA) is 59.2 Å². The van der Waals surface area contributed by atoms with Gasteiger partial charge >= 0.3 is 0 Å². The number of carbonyl (C=O) groups is 1. The van der Waals surface area contributed by atoms with Crippen molar-refractivity contribution in [3.63, 3.8) is 0 Å². The molecule has 1 amide bonds. The smallest absolute Gasteiger partial charge is 0.258 e. The Balaban J connectivity index is 1.63. The van der Waals surface area contributed by atoms with Crippen molar-refractivity contribution in [2.45, 2.75) is 26.3 Å². The summed E-state index contributed by atoms with van der Waals surface area (Å²) in [6, 6.07) is 15.6. The maximum absolute atomic E-state index is 12.9. The maximum Gasteiger partial charge on any atom is 0.258 e. The molecule has 2 heterocycles. The Kier molecular flexibility index (Phi) is 3.41. The molecule has 2 aromatic carbocycles. The third kappa shape index (κ3) is 2.38. The number of fused-ring (bicyclic) bond motifs is 1. The molecular formula is C19H17N3O2. The van der Waals surface area contributed by atoms with Gasteiger partial charge in [-0.25, -0.2) is 0 Å². The van der Waals surface area contributed by atoms with Gasteiger partial charge in [0.25, 0.3) is 5.91 Å². The van der Waals surface area contributed by atoms with E-state index in [4.69, 9.17) is 4.52 Å². The van der Waals surface area contributed by atoms with Crippen molar-refractivity contribution in [3.05, 3.63) is 65.5 Å². The predicted octanol–water partition coefficient (Wildman–Crippen LogP) is 3.64. The number of nitrogens with zero attached hydrogens (tertiary/aromatic N) is 3. The van der Waals surface area contributed by atoms with Gasteiger partial charge in [0, 0.05) is 29.8 Å². The third-order valence-corrected chi connectivity index (χ3v) is 4.34. The Labute approximate surface area is 139 Å². The van der Waals surface area contributed by atoms with Crippen LogP contribution in [0, 0.1) is 6.92 Å². The van der Waals surface area contributed by atoms with Crippen molar-refractivity contribution >= 4 is 11.6 Å². The molecule has 0 saturated heterocycles. The fourth-order valence-corrected chi connectivity index (χ4v) is 3.19.